The molecule has 22 heavy (non-hydrogen) atoms. The van der Waals surface area contributed by atoms with E-state index in [0.29, 0.717) is 6.61 Å². The van der Waals surface area contributed by atoms with Crippen LogP contribution in [0, 0.1) is 6.92 Å². The highest BCUT2D eigenvalue weighted by Gasteiger charge is 2.15. The molecule has 0 radical (unpaired) electrons. The smallest absolute Gasteiger partial charge is 0.108 e. The molecular formula is C18H25NO2S. The lowest BCUT2D eigenvalue weighted by Crippen LogP contribution is -2.11. The monoisotopic (exact) mass is 319 g/mol. The summed E-state index contributed by atoms with van der Waals surface area (Å²) in [4.78, 5) is 4.80. The van der Waals surface area contributed by atoms with E-state index in [1.807, 2.05) is 31.7 Å². The van der Waals surface area contributed by atoms with E-state index >= 15 is 0 Å². The Morgan fingerprint density at radius 3 is 2.77 bits per heavy atom. The fraction of sp³-hybridized carbons (Fsp3) is 0.500. The van der Waals surface area contributed by atoms with Gasteiger partial charge in [0.1, 0.15) is 6.10 Å². The second kappa shape index (κ2) is 9.13. The molecule has 0 fully saturated rings. The Labute approximate surface area is 137 Å². The van der Waals surface area contributed by atoms with Crippen LogP contribution in [0.3, 0.4) is 0 Å². The molecule has 1 unspecified atom stereocenters. The molecule has 1 aromatic heterocycles. The molecule has 3 nitrogen and oxygen atoms in total. The number of para-hydroxylation sites is 1. The number of ether oxygens (including phenoxy) is 2. The van der Waals surface area contributed by atoms with Crippen LogP contribution in [0.2, 0.25) is 0 Å². The van der Waals surface area contributed by atoms with Gasteiger partial charge in [-0.15, -0.1) is 0 Å². The number of nitrogens with zero attached hydrogens (tertiary/aromatic N) is 1. The number of hydrogen-bond acceptors (Lipinski definition) is 4. The van der Waals surface area contributed by atoms with Crippen molar-refractivity contribution in [3.63, 3.8) is 0 Å². The molecule has 0 aliphatic heterocycles. The summed E-state index contributed by atoms with van der Waals surface area (Å²) in [6.07, 6.45) is 0.0416. The van der Waals surface area contributed by atoms with Gasteiger partial charge in [0.2, 0.25) is 0 Å². The Kier molecular flexibility index (Phi) is 7.16. The van der Waals surface area contributed by atoms with Gasteiger partial charge in [-0.05, 0) is 38.5 Å². The molecular weight excluding hydrogens is 294 g/mol. The van der Waals surface area contributed by atoms with Crippen molar-refractivity contribution in [2.24, 2.45) is 0 Å². The average molecular weight is 319 g/mol. The number of rotatable bonds is 9. The molecule has 0 N–H and O–H groups in total. The van der Waals surface area contributed by atoms with Gasteiger partial charge in [0.25, 0.3) is 0 Å². The van der Waals surface area contributed by atoms with Crippen molar-refractivity contribution in [2.75, 3.05) is 31.3 Å². The Balaban J connectivity index is 2.10. The van der Waals surface area contributed by atoms with Gasteiger partial charge < -0.3 is 9.47 Å². The first-order valence-corrected chi connectivity index (χ1v) is 9.05. The zero-order valence-electron chi connectivity index (χ0n) is 13.7. The number of hydrogen-bond donors (Lipinski definition) is 0. The Morgan fingerprint density at radius 2 is 2.00 bits per heavy atom. The number of thioether (sulfide) groups is 1. The fourth-order valence-electron chi connectivity index (χ4n) is 2.41. The largest absolute Gasteiger partial charge is 0.381 e. The molecule has 0 spiro atoms. The molecule has 0 amide bonds. The molecule has 4 heteroatoms. The maximum atomic E-state index is 5.91. The number of pyridine rings is 1. The Bertz CT molecular complexity index is 588. The number of aromatic nitrogens is 1. The van der Waals surface area contributed by atoms with E-state index in [-0.39, 0.29) is 6.10 Å². The summed E-state index contributed by atoms with van der Waals surface area (Å²) in [5, 5.41) is 1.21. The fourth-order valence-corrected chi connectivity index (χ4v) is 3.30. The Hall–Kier alpha value is -1.10. The predicted octanol–water partition coefficient (Wildman–Crippen LogP) is 4.39. The average Bonchev–Trinajstić information content (AvgIpc) is 2.53. The summed E-state index contributed by atoms with van der Waals surface area (Å²) in [5.41, 5.74) is 3.33. The topological polar surface area (TPSA) is 31.4 Å². The quantitative estimate of drug-likeness (QED) is 0.641. The second-order valence-corrected chi connectivity index (χ2v) is 6.25. The van der Waals surface area contributed by atoms with Crippen molar-refractivity contribution in [1.29, 1.82) is 0 Å². The molecule has 0 aliphatic rings. The van der Waals surface area contributed by atoms with Gasteiger partial charge in [0.15, 0.2) is 0 Å². The highest BCUT2D eigenvalue weighted by atomic mass is 32.2. The summed E-state index contributed by atoms with van der Waals surface area (Å²) in [7, 11) is 0. The van der Waals surface area contributed by atoms with Gasteiger partial charge in [0, 0.05) is 30.1 Å². The van der Waals surface area contributed by atoms with Crippen LogP contribution in [0.1, 0.15) is 31.2 Å². The summed E-state index contributed by atoms with van der Waals surface area (Å²) in [5.74, 6) is 1.90. The first-order valence-electron chi connectivity index (χ1n) is 7.89. The standard InChI is InChI=1S/C18H25NO2S/c1-4-20-10-11-22-13-18(21-5-2)17-12-14(3)15-8-6-7-9-16(15)19-17/h6-9,12,18H,4-5,10-11,13H2,1-3H3. The van der Waals surface area contributed by atoms with E-state index in [2.05, 4.69) is 31.2 Å². The zero-order chi connectivity index (χ0) is 15.8. The number of fused-ring (bicyclic) bond motifs is 1. The minimum Gasteiger partial charge on any atom is -0.381 e. The lowest BCUT2D eigenvalue weighted by atomic mass is 10.1. The van der Waals surface area contributed by atoms with Crippen LogP contribution >= 0.6 is 11.8 Å². The lowest BCUT2D eigenvalue weighted by molar-refractivity contribution is 0.0769. The third-order valence-corrected chi connectivity index (χ3v) is 4.48. The molecule has 120 valence electrons. The van der Waals surface area contributed by atoms with E-state index in [4.69, 9.17) is 14.5 Å². The van der Waals surface area contributed by atoms with Gasteiger partial charge in [-0.3, -0.25) is 4.98 Å². The molecule has 2 aromatic rings. The molecule has 0 saturated carbocycles. The van der Waals surface area contributed by atoms with Crippen LogP contribution in [-0.2, 0) is 9.47 Å². The van der Waals surface area contributed by atoms with Crippen LogP contribution in [-0.4, -0.2) is 36.3 Å². The van der Waals surface area contributed by atoms with E-state index < -0.39 is 0 Å². The van der Waals surface area contributed by atoms with Crippen molar-refractivity contribution >= 4 is 22.7 Å². The molecule has 0 aliphatic carbocycles. The van der Waals surface area contributed by atoms with E-state index in [1.54, 1.807) is 0 Å². The molecule has 1 aromatic carbocycles. The van der Waals surface area contributed by atoms with Gasteiger partial charge >= 0.3 is 0 Å². The van der Waals surface area contributed by atoms with Crippen LogP contribution in [0.15, 0.2) is 30.3 Å². The van der Waals surface area contributed by atoms with Crippen molar-refractivity contribution in [3.8, 4) is 0 Å². The third-order valence-electron chi connectivity index (χ3n) is 3.49. The van der Waals surface area contributed by atoms with Crippen LogP contribution in [0.5, 0.6) is 0 Å². The highest BCUT2D eigenvalue weighted by Crippen LogP contribution is 2.25. The summed E-state index contributed by atoms with van der Waals surface area (Å²) in [6.45, 7) is 8.47. The maximum absolute atomic E-state index is 5.91. The first-order chi connectivity index (χ1) is 10.8. The summed E-state index contributed by atoms with van der Waals surface area (Å²) >= 11 is 1.86. The summed E-state index contributed by atoms with van der Waals surface area (Å²) < 4.78 is 11.3. The lowest BCUT2D eigenvalue weighted by Gasteiger charge is -2.18. The van der Waals surface area contributed by atoms with Gasteiger partial charge in [-0.2, -0.15) is 11.8 Å². The van der Waals surface area contributed by atoms with Crippen molar-refractivity contribution in [1.82, 2.24) is 4.98 Å². The highest BCUT2D eigenvalue weighted by molar-refractivity contribution is 7.99. The SMILES string of the molecule is CCOCCSCC(OCC)c1cc(C)c2ccccc2n1. The zero-order valence-corrected chi connectivity index (χ0v) is 14.5. The summed E-state index contributed by atoms with van der Waals surface area (Å²) in [6, 6.07) is 10.4. The van der Waals surface area contributed by atoms with Gasteiger partial charge in [0.05, 0.1) is 17.8 Å². The molecule has 2 rings (SSSR count). The van der Waals surface area contributed by atoms with Crippen LogP contribution in [0.25, 0.3) is 10.9 Å². The van der Waals surface area contributed by atoms with E-state index in [0.717, 1.165) is 35.9 Å². The van der Waals surface area contributed by atoms with E-state index in [9.17, 15) is 0 Å². The molecule has 1 heterocycles. The number of benzene rings is 1. The molecule has 0 saturated heterocycles. The second-order valence-electron chi connectivity index (χ2n) is 5.10. The maximum Gasteiger partial charge on any atom is 0.108 e. The van der Waals surface area contributed by atoms with Crippen LogP contribution in [0.4, 0.5) is 0 Å². The van der Waals surface area contributed by atoms with Crippen molar-refractivity contribution in [3.05, 3.63) is 41.6 Å². The minimum absolute atomic E-state index is 0.0416. The van der Waals surface area contributed by atoms with E-state index in [1.165, 1.54) is 10.9 Å². The minimum atomic E-state index is 0.0416. The van der Waals surface area contributed by atoms with Gasteiger partial charge in [-0.25, -0.2) is 0 Å². The Morgan fingerprint density at radius 1 is 1.18 bits per heavy atom. The number of aryl methyl sites for hydroxylation is 1. The van der Waals surface area contributed by atoms with Crippen molar-refractivity contribution < 1.29 is 9.47 Å². The predicted molar refractivity (Wildman–Crippen MR) is 94.7 cm³/mol. The third kappa shape index (κ3) is 4.70. The molecule has 1 atom stereocenters. The van der Waals surface area contributed by atoms with Gasteiger partial charge in [-0.1, -0.05) is 18.2 Å². The van der Waals surface area contributed by atoms with Crippen LogP contribution < -0.4 is 0 Å². The van der Waals surface area contributed by atoms with Crippen molar-refractivity contribution in [2.45, 2.75) is 26.9 Å². The first kappa shape index (κ1) is 17.3. The molecule has 0 bridgehead atoms. The normalized spacial score (nSPS) is 12.7.